The second-order valence-electron chi connectivity index (χ2n) is 6.44. The number of aryl methyl sites for hydroxylation is 2. The summed E-state index contributed by atoms with van der Waals surface area (Å²) >= 11 is 0. The van der Waals surface area contributed by atoms with Crippen molar-refractivity contribution in [1.29, 1.82) is 0 Å². The summed E-state index contributed by atoms with van der Waals surface area (Å²) in [5, 5.41) is 2.92. The standard InChI is InChI=1S/C18H23N2O3.Y/c1-4-14-10-20(18(22)23-14)16-8-11(2)15(7-12(16)3)13-5-6-17(21)19-9-13;/h8,13-14H,4-6,9-10H2,1-3H3,(H,19,21);/q-1;/t13?,14-;/m0./s1. The van der Waals surface area contributed by atoms with Gasteiger partial charge in [-0.2, -0.15) is 17.2 Å². The molecule has 0 saturated carbocycles. The molecule has 24 heavy (non-hydrogen) atoms. The van der Waals surface area contributed by atoms with Gasteiger partial charge in [-0.1, -0.05) is 26.5 Å². The van der Waals surface area contributed by atoms with Crippen LogP contribution in [0.3, 0.4) is 0 Å². The molecule has 2 atom stereocenters. The van der Waals surface area contributed by atoms with Gasteiger partial charge in [0.2, 0.25) is 5.91 Å². The van der Waals surface area contributed by atoms with Crippen LogP contribution in [0.25, 0.3) is 0 Å². The first kappa shape index (κ1) is 19.4. The molecule has 1 aromatic carbocycles. The van der Waals surface area contributed by atoms with Crippen LogP contribution in [-0.4, -0.2) is 31.2 Å². The van der Waals surface area contributed by atoms with Gasteiger partial charge in [0, 0.05) is 45.7 Å². The zero-order valence-corrected chi connectivity index (χ0v) is 17.4. The predicted molar refractivity (Wildman–Crippen MR) is 87.6 cm³/mol. The van der Waals surface area contributed by atoms with Crippen molar-refractivity contribution in [3.63, 3.8) is 0 Å². The topological polar surface area (TPSA) is 58.6 Å². The van der Waals surface area contributed by atoms with Crippen molar-refractivity contribution in [2.24, 2.45) is 0 Å². The monoisotopic (exact) mass is 404 g/mol. The molecule has 2 aliphatic rings. The van der Waals surface area contributed by atoms with E-state index < -0.39 is 0 Å². The van der Waals surface area contributed by atoms with Gasteiger partial charge >= 0.3 is 6.09 Å². The number of carbonyl (C=O) groups excluding carboxylic acids is 2. The van der Waals surface area contributed by atoms with Crippen molar-refractivity contribution in [3.8, 4) is 0 Å². The number of piperidine rings is 1. The summed E-state index contributed by atoms with van der Waals surface area (Å²) in [6.45, 7) is 7.31. The van der Waals surface area contributed by atoms with E-state index in [1.54, 1.807) is 4.90 Å². The van der Waals surface area contributed by atoms with E-state index in [1.165, 1.54) is 0 Å². The Labute approximate surface area is 168 Å². The molecule has 1 aromatic rings. The summed E-state index contributed by atoms with van der Waals surface area (Å²) < 4.78 is 5.36. The molecule has 2 saturated heterocycles. The smallest absolute Gasteiger partial charge is 0.403 e. The second-order valence-corrected chi connectivity index (χ2v) is 6.44. The van der Waals surface area contributed by atoms with Crippen LogP contribution >= 0.6 is 0 Å². The van der Waals surface area contributed by atoms with Gasteiger partial charge in [0.25, 0.3) is 0 Å². The molecule has 2 amide bonds. The number of hydrogen-bond acceptors (Lipinski definition) is 3. The molecular formula is C18H23N2O3Y-. The fourth-order valence-corrected chi connectivity index (χ4v) is 3.37. The fourth-order valence-electron chi connectivity index (χ4n) is 3.37. The molecular weight excluding hydrogens is 381 g/mol. The van der Waals surface area contributed by atoms with E-state index in [4.69, 9.17) is 4.74 Å². The van der Waals surface area contributed by atoms with Crippen LogP contribution in [0.1, 0.15) is 48.8 Å². The van der Waals surface area contributed by atoms with Gasteiger partial charge < -0.3 is 15.0 Å². The molecule has 0 spiro atoms. The van der Waals surface area contributed by atoms with Gasteiger partial charge in [0.05, 0.1) is 6.54 Å². The normalized spacial score (nSPS) is 23.5. The minimum atomic E-state index is -0.273. The molecule has 3 rings (SSSR count). The number of hydrogen-bond donors (Lipinski definition) is 1. The Balaban J connectivity index is 0.00000208. The molecule has 0 aromatic heterocycles. The van der Waals surface area contributed by atoms with Gasteiger partial charge in [0.15, 0.2) is 0 Å². The summed E-state index contributed by atoms with van der Waals surface area (Å²) in [4.78, 5) is 25.1. The summed E-state index contributed by atoms with van der Waals surface area (Å²) in [6, 6.07) is 5.51. The summed E-state index contributed by atoms with van der Waals surface area (Å²) in [5.41, 5.74) is 4.09. The molecule has 2 aliphatic heterocycles. The number of ether oxygens (including phenoxy) is 1. The maximum absolute atomic E-state index is 12.1. The minimum absolute atomic E-state index is 0. The average molecular weight is 404 g/mol. The van der Waals surface area contributed by atoms with E-state index in [9.17, 15) is 9.59 Å². The molecule has 1 N–H and O–H groups in total. The molecule has 1 radical (unpaired) electrons. The third kappa shape index (κ3) is 3.83. The zero-order chi connectivity index (χ0) is 16.6. The summed E-state index contributed by atoms with van der Waals surface area (Å²) in [6.07, 6.45) is 1.94. The number of benzene rings is 1. The van der Waals surface area contributed by atoms with Gasteiger partial charge in [-0.25, -0.2) is 4.79 Å². The van der Waals surface area contributed by atoms with Crippen LogP contribution in [0.5, 0.6) is 0 Å². The quantitative estimate of drug-likeness (QED) is 0.789. The minimum Gasteiger partial charge on any atom is -0.445 e. The van der Waals surface area contributed by atoms with Crippen LogP contribution in [-0.2, 0) is 42.2 Å². The predicted octanol–water partition coefficient (Wildman–Crippen LogP) is 2.83. The van der Waals surface area contributed by atoms with Crippen LogP contribution in [0.15, 0.2) is 6.07 Å². The number of nitrogens with one attached hydrogen (secondary N) is 1. The Morgan fingerprint density at radius 3 is 2.71 bits per heavy atom. The molecule has 127 valence electrons. The third-order valence-corrected chi connectivity index (χ3v) is 4.78. The largest absolute Gasteiger partial charge is 0.445 e. The molecule has 1 unspecified atom stereocenters. The molecule has 2 fully saturated rings. The van der Waals surface area contributed by atoms with Crippen LogP contribution in [0, 0.1) is 19.9 Å². The van der Waals surface area contributed by atoms with Crippen LogP contribution in [0.2, 0.25) is 0 Å². The van der Waals surface area contributed by atoms with Crippen molar-refractivity contribution in [2.75, 3.05) is 18.0 Å². The van der Waals surface area contributed by atoms with Crippen LogP contribution < -0.4 is 10.2 Å². The van der Waals surface area contributed by atoms with Crippen LogP contribution in [0.4, 0.5) is 10.5 Å². The fraction of sp³-hybridized carbons (Fsp3) is 0.556. The van der Waals surface area contributed by atoms with Crippen molar-refractivity contribution >= 4 is 17.7 Å². The van der Waals surface area contributed by atoms with Crippen molar-refractivity contribution < 1.29 is 47.0 Å². The Kier molecular flexibility index (Phi) is 6.43. The first-order chi connectivity index (χ1) is 11.0. The number of amides is 2. The van der Waals surface area contributed by atoms with E-state index in [-0.39, 0.29) is 50.8 Å². The summed E-state index contributed by atoms with van der Waals surface area (Å²) in [5.74, 6) is 0.423. The number of carbonyl (C=O) groups is 2. The number of nitrogens with zero attached hydrogens (tertiary/aromatic N) is 1. The Morgan fingerprint density at radius 1 is 1.38 bits per heavy atom. The van der Waals surface area contributed by atoms with Crippen molar-refractivity contribution in [2.45, 2.75) is 52.1 Å². The Hall–Kier alpha value is -0.936. The maximum Gasteiger partial charge on any atom is 0.403 e. The first-order valence-corrected chi connectivity index (χ1v) is 8.27. The Bertz CT molecular complexity index is 637. The number of rotatable bonds is 3. The third-order valence-electron chi connectivity index (χ3n) is 4.78. The first-order valence-electron chi connectivity index (χ1n) is 8.27. The summed E-state index contributed by atoms with van der Waals surface area (Å²) in [7, 11) is 0. The van der Waals surface area contributed by atoms with E-state index in [0.29, 0.717) is 25.4 Å². The van der Waals surface area contributed by atoms with Gasteiger partial charge in [-0.15, -0.1) is 11.6 Å². The average Bonchev–Trinajstić information content (AvgIpc) is 2.91. The number of anilines is 1. The van der Waals surface area contributed by atoms with E-state index in [2.05, 4.69) is 17.4 Å². The molecule has 6 heteroatoms. The SMILES string of the molecule is CC[C@H]1CN(c2cc(C)c(C3CCC(=O)NC3)[c-]c2C)C(=O)O1.[Y]. The number of cyclic esters (lactones) is 1. The second kappa shape index (κ2) is 7.96. The van der Waals surface area contributed by atoms with E-state index >= 15 is 0 Å². The molecule has 0 aliphatic carbocycles. The molecule has 2 heterocycles. The molecule has 0 bridgehead atoms. The van der Waals surface area contributed by atoms with Crippen molar-refractivity contribution in [1.82, 2.24) is 5.32 Å². The van der Waals surface area contributed by atoms with E-state index in [0.717, 1.165) is 35.2 Å². The van der Waals surface area contributed by atoms with E-state index in [1.807, 2.05) is 20.8 Å². The maximum atomic E-state index is 12.1. The Morgan fingerprint density at radius 2 is 2.12 bits per heavy atom. The van der Waals surface area contributed by atoms with Gasteiger partial charge in [-0.3, -0.25) is 4.79 Å². The van der Waals surface area contributed by atoms with Crippen molar-refractivity contribution in [3.05, 3.63) is 28.8 Å². The van der Waals surface area contributed by atoms with Gasteiger partial charge in [-0.05, 0) is 18.8 Å². The van der Waals surface area contributed by atoms with Gasteiger partial charge in [0.1, 0.15) is 6.10 Å². The molecule has 5 nitrogen and oxygen atoms in total. The zero-order valence-electron chi connectivity index (χ0n) is 14.5.